The zero-order valence-corrected chi connectivity index (χ0v) is 16.6. The number of halogens is 2. The van der Waals surface area contributed by atoms with Gasteiger partial charge in [0, 0.05) is 29.4 Å². The van der Waals surface area contributed by atoms with Gasteiger partial charge in [-0.25, -0.2) is 8.78 Å². The predicted molar refractivity (Wildman–Crippen MR) is 112 cm³/mol. The molecule has 0 bridgehead atoms. The fourth-order valence-electron chi connectivity index (χ4n) is 3.75. The van der Waals surface area contributed by atoms with E-state index in [4.69, 9.17) is 0 Å². The fourth-order valence-corrected chi connectivity index (χ4v) is 3.75. The molecule has 0 unspecified atom stereocenters. The van der Waals surface area contributed by atoms with Crippen molar-refractivity contribution in [2.45, 2.75) is 26.8 Å². The van der Waals surface area contributed by atoms with Crippen molar-refractivity contribution in [3.05, 3.63) is 101 Å². The molecular formula is C24H23F2N3. The van der Waals surface area contributed by atoms with Crippen molar-refractivity contribution in [3.8, 4) is 0 Å². The van der Waals surface area contributed by atoms with Crippen molar-refractivity contribution in [1.82, 2.24) is 9.66 Å². The Morgan fingerprint density at radius 3 is 2.48 bits per heavy atom. The third-order valence-electron chi connectivity index (χ3n) is 5.46. The molecule has 4 rings (SSSR count). The lowest BCUT2D eigenvalue weighted by Gasteiger charge is -2.29. The smallest absolute Gasteiger partial charge is 0.128 e. The van der Waals surface area contributed by atoms with Gasteiger partial charge in [-0.05, 0) is 55.7 Å². The minimum Gasteiger partial charge on any atom is -0.308 e. The molecule has 0 saturated carbocycles. The molecule has 0 spiro atoms. The number of hydrogen-bond donors (Lipinski definition) is 0. The molecule has 2 aromatic carbocycles. The molecular weight excluding hydrogens is 368 g/mol. The van der Waals surface area contributed by atoms with Gasteiger partial charge >= 0.3 is 0 Å². The quantitative estimate of drug-likeness (QED) is 0.444. The Hall–Kier alpha value is -3.21. The minimum absolute atomic E-state index is 0.219. The van der Waals surface area contributed by atoms with Crippen molar-refractivity contribution >= 4 is 10.9 Å². The third kappa shape index (κ3) is 3.86. The van der Waals surface area contributed by atoms with Crippen LogP contribution in [0.15, 0.2) is 67.0 Å². The van der Waals surface area contributed by atoms with E-state index < -0.39 is 0 Å². The lowest BCUT2D eigenvalue weighted by atomic mass is 10.1. The van der Waals surface area contributed by atoms with Crippen LogP contribution >= 0.6 is 0 Å². The summed E-state index contributed by atoms with van der Waals surface area (Å²) in [5.41, 5.74) is 4.95. The summed E-state index contributed by atoms with van der Waals surface area (Å²) in [6.07, 6.45) is 4.35. The fraction of sp³-hybridized carbons (Fsp3) is 0.208. The molecule has 2 aromatic heterocycles. The SMILES string of the molecule is Cc1c(C)n(N(CCc2ccc(F)cc2)Cc2ccccc2F)c2cnccc12. The van der Waals surface area contributed by atoms with E-state index in [1.54, 1.807) is 24.4 Å². The zero-order chi connectivity index (χ0) is 20.4. The van der Waals surface area contributed by atoms with Gasteiger partial charge in [0.1, 0.15) is 11.6 Å². The van der Waals surface area contributed by atoms with Crippen molar-refractivity contribution < 1.29 is 8.78 Å². The van der Waals surface area contributed by atoms with E-state index in [1.165, 1.54) is 23.8 Å². The molecule has 0 N–H and O–H groups in total. The molecule has 148 valence electrons. The Kier molecular flexibility index (Phi) is 5.30. The molecule has 0 amide bonds. The van der Waals surface area contributed by atoms with Crippen LogP contribution in [0.5, 0.6) is 0 Å². The molecule has 0 aliphatic carbocycles. The van der Waals surface area contributed by atoms with E-state index >= 15 is 0 Å². The van der Waals surface area contributed by atoms with E-state index in [1.807, 2.05) is 24.4 Å². The topological polar surface area (TPSA) is 21.1 Å². The molecule has 0 fully saturated rings. The van der Waals surface area contributed by atoms with Gasteiger partial charge in [-0.15, -0.1) is 0 Å². The van der Waals surface area contributed by atoms with Crippen molar-refractivity contribution in [3.63, 3.8) is 0 Å². The Balaban J connectivity index is 1.73. The van der Waals surface area contributed by atoms with Crippen molar-refractivity contribution in [2.75, 3.05) is 11.6 Å². The molecule has 3 nitrogen and oxygen atoms in total. The number of aromatic nitrogens is 2. The summed E-state index contributed by atoms with van der Waals surface area (Å²) < 4.78 is 29.8. The Morgan fingerprint density at radius 2 is 1.72 bits per heavy atom. The maximum atomic E-state index is 14.4. The average Bonchev–Trinajstić information content (AvgIpc) is 2.99. The number of fused-ring (bicyclic) bond motifs is 1. The van der Waals surface area contributed by atoms with Crippen LogP contribution in [0.25, 0.3) is 10.9 Å². The highest BCUT2D eigenvalue weighted by Gasteiger charge is 2.18. The minimum atomic E-state index is -0.245. The summed E-state index contributed by atoms with van der Waals surface area (Å²) in [7, 11) is 0. The molecule has 0 radical (unpaired) electrons. The maximum absolute atomic E-state index is 14.4. The van der Waals surface area contributed by atoms with E-state index in [9.17, 15) is 8.78 Å². The Bertz CT molecular complexity index is 1130. The van der Waals surface area contributed by atoms with E-state index in [0.717, 1.165) is 22.2 Å². The number of aryl methyl sites for hydroxylation is 1. The average molecular weight is 391 g/mol. The first kappa shape index (κ1) is 19.1. The summed E-state index contributed by atoms with van der Waals surface area (Å²) in [5, 5.41) is 3.27. The van der Waals surface area contributed by atoms with Gasteiger partial charge in [0.2, 0.25) is 0 Å². The van der Waals surface area contributed by atoms with Gasteiger partial charge in [0.25, 0.3) is 0 Å². The summed E-state index contributed by atoms with van der Waals surface area (Å²) in [6.45, 7) is 5.24. The lowest BCUT2D eigenvalue weighted by Crippen LogP contribution is -2.37. The maximum Gasteiger partial charge on any atom is 0.128 e. The van der Waals surface area contributed by atoms with Crippen LogP contribution in [0.3, 0.4) is 0 Å². The van der Waals surface area contributed by atoms with Gasteiger partial charge in [0.05, 0.1) is 18.3 Å². The molecule has 5 heteroatoms. The van der Waals surface area contributed by atoms with Gasteiger partial charge in [0.15, 0.2) is 0 Å². The van der Waals surface area contributed by atoms with Crippen LogP contribution in [-0.4, -0.2) is 16.2 Å². The van der Waals surface area contributed by atoms with Crippen LogP contribution < -0.4 is 5.01 Å². The number of benzene rings is 2. The molecule has 0 atom stereocenters. The van der Waals surface area contributed by atoms with E-state index in [-0.39, 0.29) is 11.6 Å². The van der Waals surface area contributed by atoms with Crippen LogP contribution in [0, 0.1) is 25.5 Å². The zero-order valence-electron chi connectivity index (χ0n) is 16.6. The first-order valence-corrected chi connectivity index (χ1v) is 9.69. The van der Waals surface area contributed by atoms with Gasteiger partial charge in [-0.3, -0.25) is 9.66 Å². The Labute approximate surface area is 169 Å². The van der Waals surface area contributed by atoms with Gasteiger partial charge < -0.3 is 5.01 Å². The normalized spacial score (nSPS) is 11.2. The summed E-state index contributed by atoms with van der Waals surface area (Å²) >= 11 is 0. The predicted octanol–water partition coefficient (Wildman–Crippen LogP) is 5.31. The van der Waals surface area contributed by atoms with E-state index in [0.29, 0.717) is 25.1 Å². The van der Waals surface area contributed by atoms with Crippen LogP contribution in [0.2, 0.25) is 0 Å². The molecule has 0 aliphatic heterocycles. The van der Waals surface area contributed by atoms with Gasteiger partial charge in [-0.1, -0.05) is 30.3 Å². The molecule has 4 aromatic rings. The first-order chi connectivity index (χ1) is 14.0. The summed E-state index contributed by atoms with van der Waals surface area (Å²) in [6, 6.07) is 15.4. The standard InChI is InChI=1S/C24H23F2N3/c1-17-18(2)29(24-15-27-13-11-22(17)24)28(16-20-5-3-4-6-23(20)26)14-12-19-7-9-21(25)10-8-19/h3-11,13,15H,12,14,16H2,1-2H3. The largest absolute Gasteiger partial charge is 0.308 e. The number of hydrogen-bond acceptors (Lipinski definition) is 2. The summed E-state index contributed by atoms with van der Waals surface area (Å²) in [5.74, 6) is -0.464. The van der Waals surface area contributed by atoms with Crippen molar-refractivity contribution in [1.29, 1.82) is 0 Å². The van der Waals surface area contributed by atoms with E-state index in [2.05, 4.69) is 28.5 Å². The lowest BCUT2D eigenvalue weighted by molar-refractivity contribution is 0.551. The summed E-state index contributed by atoms with van der Waals surface area (Å²) in [4.78, 5) is 4.30. The second-order valence-electron chi connectivity index (χ2n) is 7.27. The highest BCUT2D eigenvalue weighted by atomic mass is 19.1. The molecule has 0 aliphatic rings. The Morgan fingerprint density at radius 1 is 0.966 bits per heavy atom. The van der Waals surface area contributed by atoms with Crippen LogP contribution in [0.1, 0.15) is 22.4 Å². The molecule has 0 saturated heterocycles. The molecule has 2 heterocycles. The second kappa shape index (κ2) is 8.03. The van der Waals surface area contributed by atoms with Crippen LogP contribution in [-0.2, 0) is 13.0 Å². The number of nitrogens with zero attached hydrogens (tertiary/aromatic N) is 3. The third-order valence-corrected chi connectivity index (χ3v) is 5.46. The van der Waals surface area contributed by atoms with Crippen molar-refractivity contribution in [2.24, 2.45) is 0 Å². The second-order valence-corrected chi connectivity index (χ2v) is 7.27. The van der Waals surface area contributed by atoms with Gasteiger partial charge in [-0.2, -0.15) is 0 Å². The number of rotatable bonds is 6. The molecule has 29 heavy (non-hydrogen) atoms. The first-order valence-electron chi connectivity index (χ1n) is 9.69. The van der Waals surface area contributed by atoms with Crippen LogP contribution in [0.4, 0.5) is 8.78 Å². The number of pyridine rings is 1. The highest BCUT2D eigenvalue weighted by molar-refractivity contribution is 5.84. The monoisotopic (exact) mass is 391 g/mol. The highest BCUT2D eigenvalue weighted by Crippen LogP contribution is 2.25.